The first kappa shape index (κ1) is 11.0. The Morgan fingerprint density at radius 3 is 2.47 bits per heavy atom. The van der Waals surface area contributed by atoms with Gasteiger partial charge in [-0.25, -0.2) is 0 Å². The van der Waals surface area contributed by atoms with Gasteiger partial charge in [-0.15, -0.1) is 0 Å². The van der Waals surface area contributed by atoms with Crippen LogP contribution in [0, 0.1) is 11.8 Å². The first-order valence-corrected chi connectivity index (χ1v) is 6.56. The molecule has 1 amide bonds. The van der Waals surface area contributed by atoms with Crippen LogP contribution in [0.15, 0.2) is 0 Å². The van der Waals surface area contributed by atoms with Crippen LogP contribution in [-0.2, 0) is 4.79 Å². The molecule has 2 aliphatic carbocycles. The van der Waals surface area contributed by atoms with Crippen LogP contribution in [0.2, 0.25) is 0 Å². The maximum absolute atomic E-state index is 12.0. The Labute approximate surface area is 92.8 Å². The van der Waals surface area contributed by atoms with Crippen molar-refractivity contribution in [3.05, 3.63) is 0 Å². The highest BCUT2D eigenvalue weighted by Gasteiger charge is 2.27. The fourth-order valence-electron chi connectivity index (χ4n) is 3.06. The van der Waals surface area contributed by atoms with Crippen LogP contribution in [0.3, 0.4) is 0 Å². The maximum atomic E-state index is 12.0. The van der Waals surface area contributed by atoms with Gasteiger partial charge in [-0.3, -0.25) is 4.79 Å². The van der Waals surface area contributed by atoms with Crippen molar-refractivity contribution in [1.29, 1.82) is 0 Å². The van der Waals surface area contributed by atoms with Crippen LogP contribution < -0.4 is 5.32 Å². The summed E-state index contributed by atoms with van der Waals surface area (Å²) in [5.41, 5.74) is 0. The van der Waals surface area contributed by atoms with Gasteiger partial charge in [0.25, 0.3) is 0 Å². The minimum absolute atomic E-state index is 0.314. The summed E-state index contributed by atoms with van der Waals surface area (Å²) in [6.45, 7) is 2.27. The zero-order chi connectivity index (χ0) is 10.7. The monoisotopic (exact) mass is 209 g/mol. The smallest absolute Gasteiger partial charge is 0.223 e. The third-order valence-electron chi connectivity index (χ3n) is 4.01. The maximum Gasteiger partial charge on any atom is 0.223 e. The molecular formula is C13H23NO. The Morgan fingerprint density at radius 1 is 1.07 bits per heavy atom. The van der Waals surface area contributed by atoms with E-state index >= 15 is 0 Å². The molecule has 0 aromatic carbocycles. The number of rotatable bonds is 2. The van der Waals surface area contributed by atoms with Gasteiger partial charge in [0, 0.05) is 12.0 Å². The van der Waals surface area contributed by atoms with Gasteiger partial charge in [0.15, 0.2) is 0 Å². The Bertz CT molecular complexity index is 221. The molecule has 0 aromatic rings. The lowest BCUT2D eigenvalue weighted by Crippen LogP contribution is -2.38. The molecular weight excluding hydrogens is 186 g/mol. The highest BCUT2D eigenvalue weighted by molar-refractivity contribution is 5.79. The first-order valence-electron chi connectivity index (χ1n) is 6.56. The summed E-state index contributed by atoms with van der Waals surface area (Å²) in [5, 5.41) is 3.23. The van der Waals surface area contributed by atoms with Gasteiger partial charge >= 0.3 is 0 Å². The van der Waals surface area contributed by atoms with Gasteiger partial charge in [0.05, 0.1) is 0 Å². The normalized spacial score (nSPS) is 32.9. The lowest BCUT2D eigenvalue weighted by Gasteiger charge is -2.27. The van der Waals surface area contributed by atoms with Gasteiger partial charge in [-0.05, 0) is 31.6 Å². The van der Waals surface area contributed by atoms with Crippen molar-refractivity contribution in [2.45, 2.75) is 64.3 Å². The van der Waals surface area contributed by atoms with E-state index in [1.54, 1.807) is 0 Å². The zero-order valence-electron chi connectivity index (χ0n) is 9.80. The molecule has 2 aliphatic rings. The van der Waals surface area contributed by atoms with Crippen molar-refractivity contribution < 1.29 is 4.79 Å². The average Bonchev–Trinajstić information content (AvgIpc) is 2.70. The van der Waals surface area contributed by atoms with Crippen molar-refractivity contribution in [2.75, 3.05) is 0 Å². The summed E-state index contributed by atoms with van der Waals surface area (Å²) in [6, 6.07) is 0.495. The van der Waals surface area contributed by atoms with Gasteiger partial charge in [-0.2, -0.15) is 0 Å². The van der Waals surface area contributed by atoms with Gasteiger partial charge in [0.1, 0.15) is 0 Å². The van der Waals surface area contributed by atoms with Crippen molar-refractivity contribution in [2.24, 2.45) is 11.8 Å². The molecule has 0 aromatic heterocycles. The van der Waals surface area contributed by atoms with Crippen LogP contribution in [0.4, 0.5) is 0 Å². The third kappa shape index (κ3) is 2.96. The Kier molecular flexibility index (Phi) is 3.66. The summed E-state index contributed by atoms with van der Waals surface area (Å²) in [6.07, 6.45) is 9.78. The quantitative estimate of drug-likeness (QED) is 0.744. The van der Waals surface area contributed by atoms with E-state index in [4.69, 9.17) is 0 Å². The molecule has 2 saturated carbocycles. The highest BCUT2D eigenvalue weighted by atomic mass is 16.1. The predicted octanol–water partition coefficient (Wildman–Crippen LogP) is 2.87. The Balaban J connectivity index is 1.78. The summed E-state index contributed by atoms with van der Waals surface area (Å²) < 4.78 is 0. The molecule has 0 heterocycles. The molecule has 2 rings (SSSR count). The average molecular weight is 209 g/mol. The van der Waals surface area contributed by atoms with E-state index in [9.17, 15) is 4.79 Å². The minimum Gasteiger partial charge on any atom is -0.353 e. The molecule has 2 atom stereocenters. The van der Waals surface area contributed by atoms with Crippen LogP contribution in [0.1, 0.15) is 58.3 Å². The Hall–Kier alpha value is -0.530. The molecule has 15 heavy (non-hydrogen) atoms. The lowest BCUT2D eigenvalue weighted by atomic mass is 9.82. The van der Waals surface area contributed by atoms with Crippen LogP contribution in [0.25, 0.3) is 0 Å². The second-order valence-corrected chi connectivity index (χ2v) is 5.46. The number of nitrogens with one attached hydrogen (secondary N) is 1. The van der Waals surface area contributed by atoms with E-state index in [-0.39, 0.29) is 0 Å². The topological polar surface area (TPSA) is 29.1 Å². The van der Waals surface area contributed by atoms with Crippen molar-refractivity contribution in [3.8, 4) is 0 Å². The van der Waals surface area contributed by atoms with E-state index < -0.39 is 0 Å². The van der Waals surface area contributed by atoms with E-state index in [1.165, 1.54) is 38.5 Å². The summed E-state index contributed by atoms with van der Waals surface area (Å²) in [7, 11) is 0. The minimum atomic E-state index is 0.314. The molecule has 0 bridgehead atoms. The Morgan fingerprint density at radius 2 is 1.80 bits per heavy atom. The summed E-state index contributed by atoms with van der Waals surface area (Å²) >= 11 is 0. The van der Waals surface area contributed by atoms with E-state index in [0.29, 0.717) is 17.9 Å². The summed E-state index contributed by atoms with van der Waals surface area (Å²) in [4.78, 5) is 12.0. The standard InChI is InChI=1S/C13H23NO/c1-10-5-4-6-11(9-10)13(15)14-12-7-2-3-8-12/h10-12H,2-9H2,1H3,(H,14,15). The number of amides is 1. The van der Waals surface area contributed by atoms with Crippen molar-refractivity contribution in [1.82, 2.24) is 5.32 Å². The first-order chi connectivity index (χ1) is 7.25. The lowest BCUT2D eigenvalue weighted by molar-refractivity contribution is -0.127. The van der Waals surface area contributed by atoms with E-state index in [0.717, 1.165) is 18.8 Å². The molecule has 0 spiro atoms. The van der Waals surface area contributed by atoms with E-state index in [2.05, 4.69) is 12.2 Å². The van der Waals surface area contributed by atoms with Crippen LogP contribution >= 0.6 is 0 Å². The third-order valence-corrected chi connectivity index (χ3v) is 4.01. The largest absolute Gasteiger partial charge is 0.353 e. The summed E-state index contributed by atoms with van der Waals surface area (Å²) in [5.74, 6) is 1.40. The van der Waals surface area contributed by atoms with Crippen LogP contribution in [0.5, 0.6) is 0 Å². The molecule has 2 fully saturated rings. The van der Waals surface area contributed by atoms with Gasteiger partial charge < -0.3 is 5.32 Å². The zero-order valence-corrected chi connectivity index (χ0v) is 9.80. The molecule has 0 radical (unpaired) electrons. The fraction of sp³-hybridized carbons (Fsp3) is 0.923. The van der Waals surface area contributed by atoms with Crippen molar-refractivity contribution >= 4 is 5.91 Å². The van der Waals surface area contributed by atoms with Crippen LogP contribution in [-0.4, -0.2) is 11.9 Å². The number of hydrogen-bond acceptors (Lipinski definition) is 1. The van der Waals surface area contributed by atoms with E-state index in [1.807, 2.05) is 0 Å². The van der Waals surface area contributed by atoms with Crippen molar-refractivity contribution in [3.63, 3.8) is 0 Å². The molecule has 0 aliphatic heterocycles. The molecule has 86 valence electrons. The second kappa shape index (κ2) is 5.00. The van der Waals surface area contributed by atoms with Gasteiger partial charge in [0.2, 0.25) is 5.91 Å². The molecule has 2 heteroatoms. The molecule has 1 N–H and O–H groups in total. The number of carbonyl (C=O) groups is 1. The highest BCUT2D eigenvalue weighted by Crippen LogP contribution is 2.29. The predicted molar refractivity (Wildman–Crippen MR) is 61.5 cm³/mol. The molecule has 2 unspecified atom stereocenters. The fourth-order valence-corrected chi connectivity index (χ4v) is 3.06. The number of carbonyl (C=O) groups excluding carboxylic acids is 1. The number of hydrogen-bond donors (Lipinski definition) is 1. The molecule has 0 saturated heterocycles. The molecule has 2 nitrogen and oxygen atoms in total. The second-order valence-electron chi connectivity index (χ2n) is 5.46. The SMILES string of the molecule is CC1CCCC(C(=O)NC2CCCC2)C1. The van der Waals surface area contributed by atoms with Gasteiger partial charge in [-0.1, -0.05) is 32.6 Å².